The minimum atomic E-state index is -2.19. The zero-order valence-corrected chi connectivity index (χ0v) is 34.4. The Morgan fingerprint density at radius 1 is 0.759 bits per heavy atom. The first-order valence-electron chi connectivity index (χ1n) is 19.9. The van der Waals surface area contributed by atoms with Crippen LogP contribution in [0.3, 0.4) is 0 Å². The summed E-state index contributed by atoms with van der Waals surface area (Å²) in [6, 6.07) is 30.6. The molecule has 3 aromatic carbocycles. The van der Waals surface area contributed by atoms with Crippen LogP contribution in [0.15, 0.2) is 91.0 Å². The van der Waals surface area contributed by atoms with Crippen molar-refractivity contribution in [1.29, 1.82) is 0 Å². The Morgan fingerprint density at radius 2 is 1.31 bits per heavy atom. The van der Waals surface area contributed by atoms with Gasteiger partial charge in [0.15, 0.2) is 14.1 Å². The van der Waals surface area contributed by atoms with Crippen molar-refractivity contribution in [2.24, 2.45) is 0 Å². The Morgan fingerprint density at radius 3 is 1.89 bits per heavy atom. The summed E-state index contributed by atoms with van der Waals surface area (Å²) in [5, 5.41) is 0.0101. The molecule has 3 aliphatic rings. The molecule has 3 aliphatic heterocycles. The van der Waals surface area contributed by atoms with E-state index in [0.29, 0.717) is 52.1 Å². The average Bonchev–Trinajstić information content (AvgIpc) is 3.14. The lowest BCUT2D eigenvalue weighted by atomic mass is 9.79. The summed E-state index contributed by atoms with van der Waals surface area (Å²) in [7, 11) is -2.19. The highest BCUT2D eigenvalue weighted by molar-refractivity contribution is 6.74. The fourth-order valence-corrected chi connectivity index (χ4v) is 9.00. The molecule has 6 rings (SSSR count). The monoisotopic (exact) mass is 758 g/mol. The van der Waals surface area contributed by atoms with E-state index < -0.39 is 20.0 Å². The second-order valence-corrected chi connectivity index (χ2v) is 22.0. The number of carbonyl (C=O) groups excluding carboxylic acids is 1. The molecule has 0 radical (unpaired) electrons. The van der Waals surface area contributed by atoms with Crippen molar-refractivity contribution >= 4 is 14.1 Å². The first kappa shape index (κ1) is 40.9. The number of rotatable bonds is 15. The van der Waals surface area contributed by atoms with E-state index in [2.05, 4.69) is 84.1 Å². The number of carbonyl (C=O) groups is 1. The van der Waals surface area contributed by atoms with E-state index in [1.165, 1.54) is 0 Å². The van der Waals surface area contributed by atoms with E-state index >= 15 is 0 Å². The van der Waals surface area contributed by atoms with Gasteiger partial charge in [-0.1, -0.05) is 112 Å². The SMILES string of the molecule is C[C@H]1O[C@@H](C[C@H]2O[C@@]3(C)C[C@@H](OCc4ccccc4)[C@H](CCOCc4ccccc4)O[C@@H]3CC2=O)[C@H](O[Si](C)(C)C(C)(C)C)C[C@@H]1OCc1ccccc1. The average molecular weight is 759 g/mol. The van der Waals surface area contributed by atoms with Crippen molar-refractivity contribution in [2.45, 2.75) is 159 Å². The zero-order chi connectivity index (χ0) is 38.3. The number of Topliss-reactive ketones (excluding diaryl/α,β-unsaturated/α-hetero) is 1. The fourth-order valence-electron chi connectivity index (χ4n) is 7.64. The Kier molecular flexibility index (Phi) is 13.7. The van der Waals surface area contributed by atoms with Crippen molar-refractivity contribution in [1.82, 2.24) is 0 Å². The van der Waals surface area contributed by atoms with Crippen LogP contribution in [0, 0.1) is 0 Å². The van der Waals surface area contributed by atoms with Crippen LogP contribution < -0.4 is 0 Å². The second-order valence-electron chi connectivity index (χ2n) is 17.2. The van der Waals surface area contributed by atoms with Gasteiger partial charge in [0.05, 0.1) is 68.1 Å². The highest BCUT2D eigenvalue weighted by Gasteiger charge is 2.54. The maximum Gasteiger partial charge on any atom is 0.192 e. The van der Waals surface area contributed by atoms with Gasteiger partial charge in [0.2, 0.25) is 0 Å². The van der Waals surface area contributed by atoms with Gasteiger partial charge < -0.3 is 32.8 Å². The molecule has 0 aliphatic carbocycles. The number of hydrogen-bond donors (Lipinski definition) is 0. The smallest absolute Gasteiger partial charge is 0.192 e. The van der Waals surface area contributed by atoms with Gasteiger partial charge in [-0.25, -0.2) is 0 Å². The predicted octanol–water partition coefficient (Wildman–Crippen LogP) is 9.00. The van der Waals surface area contributed by atoms with Gasteiger partial charge in [0.1, 0.15) is 6.10 Å². The molecule has 9 atom stereocenters. The molecule has 294 valence electrons. The third-order valence-corrected chi connectivity index (χ3v) is 16.5. The van der Waals surface area contributed by atoms with Crippen LogP contribution in [0.1, 0.15) is 83.4 Å². The van der Waals surface area contributed by atoms with Crippen molar-refractivity contribution in [2.75, 3.05) is 6.61 Å². The van der Waals surface area contributed by atoms with E-state index in [1.54, 1.807) is 0 Å². The molecule has 0 N–H and O–H groups in total. The number of hydrogen-bond acceptors (Lipinski definition) is 8. The summed E-state index contributed by atoms with van der Waals surface area (Å²) in [5.74, 6) is 0.0463. The van der Waals surface area contributed by atoms with Crippen molar-refractivity contribution < 1.29 is 37.6 Å². The molecule has 3 heterocycles. The number of fused-ring (bicyclic) bond motifs is 1. The molecule has 9 heteroatoms. The topological polar surface area (TPSA) is 81.7 Å². The summed E-state index contributed by atoms with van der Waals surface area (Å²) in [5.41, 5.74) is 2.65. The maximum absolute atomic E-state index is 14.0. The van der Waals surface area contributed by atoms with Crippen LogP contribution in [0.25, 0.3) is 0 Å². The molecule has 0 spiro atoms. The summed E-state index contributed by atoms with van der Waals surface area (Å²) < 4.78 is 46.6. The van der Waals surface area contributed by atoms with Gasteiger partial charge in [-0.05, 0) is 55.1 Å². The van der Waals surface area contributed by atoms with Crippen LogP contribution in [0.2, 0.25) is 18.1 Å². The summed E-state index contributed by atoms with van der Waals surface area (Å²) >= 11 is 0. The Bertz CT molecular complexity index is 1600. The van der Waals surface area contributed by atoms with Crippen molar-refractivity contribution in [3.63, 3.8) is 0 Å². The Hall–Kier alpha value is -2.73. The van der Waals surface area contributed by atoms with Gasteiger partial charge in [-0.3, -0.25) is 4.79 Å². The van der Waals surface area contributed by atoms with Crippen LogP contribution in [0.4, 0.5) is 0 Å². The lowest BCUT2D eigenvalue weighted by Crippen LogP contribution is -2.63. The molecule has 0 amide bonds. The zero-order valence-electron chi connectivity index (χ0n) is 33.4. The second kappa shape index (κ2) is 18.0. The molecule has 3 aromatic rings. The normalized spacial score (nSPS) is 30.5. The molecule has 0 saturated carbocycles. The number of ether oxygens (including phenoxy) is 6. The van der Waals surface area contributed by atoms with Crippen molar-refractivity contribution in [3.8, 4) is 0 Å². The Balaban J connectivity index is 1.14. The van der Waals surface area contributed by atoms with Gasteiger partial charge >= 0.3 is 0 Å². The molecule has 3 fully saturated rings. The molecule has 3 saturated heterocycles. The van der Waals surface area contributed by atoms with E-state index in [4.69, 9.17) is 32.8 Å². The molecular weight excluding hydrogens is 697 g/mol. The highest BCUT2D eigenvalue weighted by atomic mass is 28.4. The Labute approximate surface area is 324 Å². The number of ketones is 1. The lowest BCUT2D eigenvalue weighted by Gasteiger charge is -2.52. The van der Waals surface area contributed by atoms with Gasteiger partial charge in [0, 0.05) is 32.3 Å². The lowest BCUT2D eigenvalue weighted by molar-refractivity contribution is -0.271. The van der Waals surface area contributed by atoms with E-state index in [-0.39, 0.29) is 60.0 Å². The van der Waals surface area contributed by atoms with Crippen molar-refractivity contribution in [3.05, 3.63) is 108 Å². The molecule has 8 nitrogen and oxygen atoms in total. The minimum absolute atomic E-state index is 0.0101. The van der Waals surface area contributed by atoms with Gasteiger partial charge in [0.25, 0.3) is 0 Å². The highest BCUT2D eigenvalue weighted by Crippen LogP contribution is 2.44. The minimum Gasteiger partial charge on any atom is -0.411 e. The molecule has 54 heavy (non-hydrogen) atoms. The molecule has 0 bridgehead atoms. The van der Waals surface area contributed by atoms with Crippen LogP contribution >= 0.6 is 0 Å². The third kappa shape index (κ3) is 10.6. The van der Waals surface area contributed by atoms with Crippen LogP contribution in [0.5, 0.6) is 0 Å². The quantitative estimate of drug-likeness (QED) is 0.112. The van der Waals surface area contributed by atoms with Crippen LogP contribution in [-0.2, 0) is 57.5 Å². The largest absolute Gasteiger partial charge is 0.411 e. The maximum atomic E-state index is 14.0. The predicted molar refractivity (Wildman–Crippen MR) is 213 cm³/mol. The third-order valence-electron chi connectivity index (χ3n) is 12.0. The first-order chi connectivity index (χ1) is 25.8. The van der Waals surface area contributed by atoms with E-state index in [9.17, 15) is 4.79 Å². The number of benzene rings is 3. The summed E-state index contributed by atoms with van der Waals surface area (Å²) in [6.07, 6.45) is 0.341. The summed E-state index contributed by atoms with van der Waals surface area (Å²) in [4.78, 5) is 14.0. The first-order valence-corrected chi connectivity index (χ1v) is 22.8. The fraction of sp³-hybridized carbons (Fsp3) is 0.578. The van der Waals surface area contributed by atoms with E-state index in [1.807, 2.05) is 54.6 Å². The van der Waals surface area contributed by atoms with Crippen LogP contribution in [-0.4, -0.2) is 75.1 Å². The van der Waals surface area contributed by atoms with Gasteiger partial charge in [-0.15, -0.1) is 0 Å². The molecule has 0 unspecified atom stereocenters. The molecular formula is C45H62O8Si. The standard InChI is InChI=1S/C45H62O8Si/c1-32-38(48-30-34-19-13-9-14-20-34)26-41(53-54(6,7)44(2,3)4)40(50-32)27-39-36(46)25-43-45(5,52-39)28-42(49-31-35-21-15-10-16-22-35)37(51-43)23-24-47-29-33-17-11-8-12-18-33/h8-22,32,37-43H,23-31H2,1-7H3/t32-,37+,38+,39-,40+,41-,42-,43-,45+/m1/s1. The van der Waals surface area contributed by atoms with E-state index in [0.717, 1.165) is 16.7 Å². The van der Waals surface area contributed by atoms with Gasteiger partial charge in [-0.2, -0.15) is 0 Å². The summed E-state index contributed by atoms with van der Waals surface area (Å²) in [6.45, 7) is 17.5. The molecule has 0 aromatic heterocycles.